The van der Waals surface area contributed by atoms with Gasteiger partial charge in [-0.15, -0.1) is 11.3 Å². The third-order valence-electron chi connectivity index (χ3n) is 1.93. The number of thiophene rings is 1. The minimum atomic E-state index is 0.358. The van der Waals surface area contributed by atoms with Gasteiger partial charge in [-0.25, -0.2) is 4.68 Å². The molecule has 0 aliphatic rings. The Hall–Kier alpha value is -1.43. The molecule has 0 fully saturated rings. The summed E-state index contributed by atoms with van der Waals surface area (Å²) in [5.41, 5.74) is 5.56. The molecule has 2 N–H and O–H groups in total. The largest absolute Gasteiger partial charge is 0.367 e. The van der Waals surface area contributed by atoms with E-state index in [4.69, 9.17) is 5.73 Å². The van der Waals surface area contributed by atoms with Gasteiger partial charge >= 0.3 is 0 Å². The molecule has 2 heterocycles. The Morgan fingerprint density at radius 3 is 2.79 bits per heavy atom. The van der Waals surface area contributed by atoms with Gasteiger partial charge in [0.2, 0.25) is 5.95 Å². The smallest absolute Gasteiger partial charge is 0.240 e. The average Bonchev–Trinajstić information content (AvgIpc) is 2.77. The molecule has 0 unspecified atom stereocenters. The number of nitrogen functional groups attached to an aromatic ring is 1. The van der Waals surface area contributed by atoms with E-state index < -0.39 is 0 Å². The highest BCUT2D eigenvalue weighted by Crippen LogP contribution is 2.18. The Balaban J connectivity index is 2.15. The van der Waals surface area contributed by atoms with Gasteiger partial charge in [0.1, 0.15) is 0 Å². The molecule has 2 aromatic heterocycles. The summed E-state index contributed by atoms with van der Waals surface area (Å²) in [7, 11) is 0. The van der Waals surface area contributed by atoms with Crippen LogP contribution in [0.3, 0.4) is 0 Å². The highest BCUT2D eigenvalue weighted by atomic mass is 32.1. The third kappa shape index (κ3) is 1.74. The van der Waals surface area contributed by atoms with E-state index in [1.54, 1.807) is 16.0 Å². The average molecular weight is 209 g/mol. The molecule has 0 bridgehead atoms. The van der Waals surface area contributed by atoms with Crippen molar-refractivity contribution in [2.24, 2.45) is 0 Å². The highest BCUT2D eigenvalue weighted by molar-refractivity contribution is 7.11. The number of nitrogens with zero attached hydrogens (tertiary/aromatic N) is 4. The molecule has 0 aliphatic heterocycles. The van der Waals surface area contributed by atoms with Crippen molar-refractivity contribution in [1.82, 2.24) is 20.2 Å². The van der Waals surface area contributed by atoms with Crippen molar-refractivity contribution in [2.45, 2.75) is 19.9 Å². The number of rotatable bonds is 3. The van der Waals surface area contributed by atoms with Crippen LogP contribution in [0.15, 0.2) is 12.1 Å². The predicted molar refractivity (Wildman–Crippen MR) is 55.0 cm³/mol. The third-order valence-corrected chi connectivity index (χ3v) is 3.15. The maximum Gasteiger partial charge on any atom is 0.240 e. The first-order valence-corrected chi connectivity index (χ1v) is 5.20. The zero-order valence-electron chi connectivity index (χ0n) is 7.84. The number of anilines is 1. The molecule has 0 aliphatic carbocycles. The van der Waals surface area contributed by atoms with E-state index in [1.165, 1.54) is 9.75 Å². The molecule has 0 aromatic carbocycles. The van der Waals surface area contributed by atoms with Gasteiger partial charge in [0.05, 0.1) is 6.54 Å². The lowest BCUT2D eigenvalue weighted by atomic mass is 10.4. The molecule has 0 saturated heterocycles. The normalized spacial score (nSPS) is 10.6. The zero-order chi connectivity index (χ0) is 9.97. The Morgan fingerprint density at radius 1 is 1.43 bits per heavy atom. The van der Waals surface area contributed by atoms with E-state index >= 15 is 0 Å². The fourth-order valence-electron chi connectivity index (χ4n) is 1.17. The zero-order valence-corrected chi connectivity index (χ0v) is 8.66. The maximum atomic E-state index is 5.56. The summed E-state index contributed by atoms with van der Waals surface area (Å²) in [5, 5.41) is 10.9. The Labute approximate surface area is 85.5 Å². The van der Waals surface area contributed by atoms with E-state index in [-0.39, 0.29) is 0 Å². The van der Waals surface area contributed by atoms with Crippen LogP contribution < -0.4 is 5.73 Å². The monoisotopic (exact) mass is 209 g/mol. The summed E-state index contributed by atoms with van der Waals surface area (Å²) in [6.45, 7) is 2.80. The fraction of sp³-hybridized carbons (Fsp3) is 0.375. The van der Waals surface area contributed by atoms with Gasteiger partial charge in [-0.1, -0.05) is 12.0 Å². The van der Waals surface area contributed by atoms with Crippen molar-refractivity contribution in [3.63, 3.8) is 0 Å². The van der Waals surface area contributed by atoms with E-state index in [0.29, 0.717) is 12.5 Å². The summed E-state index contributed by atoms with van der Waals surface area (Å²) in [4.78, 5) is 2.59. The van der Waals surface area contributed by atoms with Crippen LogP contribution >= 0.6 is 11.3 Å². The first-order valence-electron chi connectivity index (χ1n) is 4.39. The first kappa shape index (κ1) is 9.14. The molecular formula is C8H11N5S. The minimum absolute atomic E-state index is 0.358. The van der Waals surface area contributed by atoms with Crippen molar-refractivity contribution in [3.8, 4) is 0 Å². The molecule has 0 spiro atoms. The molecule has 74 valence electrons. The highest BCUT2D eigenvalue weighted by Gasteiger charge is 2.04. The number of tetrazole rings is 1. The molecule has 0 amide bonds. The van der Waals surface area contributed by atoms with Crippen LogP contribution in [0, 0.1) is 0 Å². The quantitative estimate of drug-likeness (QED) is 0.816. The lowest BCUT2D eigenvalue weighted by molar-refractivity contribution is 0.661. The molecular weight excluding hydrogens is 198 g/mol. The summed E-state index contributed by atoms with van der Waals surface area (Å²) < 4.78 is 1.59. The maximum absolute atomic E-state index is 5.56. The van der Waals surface area contributed by atoms with Gasteiger partial charge in [-0.3, -0.25) is 0 Å². The SMILES string of the molecule is CCc1ccc(Cn2nnnc2N)s1. The van der Waals surface area contributed by atoms with Crippen LogP contribution in [-0.2, 0) is 13.0 Å². The molecule has 2 aromatic rings. The Morgan fingerprint density at radius 2 is 2.21 bits per heavy atom. The first-order chi connectivity index (χ1) is 6.79. The summed E-state index contributed by atoms with van der Waals surface area (Å²) in [5.74, 6) is 0.358. The number of aromatic nitrogens is 4. The molecule has 0 saturated carbocycles. The minimum Gasteiger partial charge on any atom is -0.367 e. The molecule has 6 heteroatoms. The molecule has 0 atom stereocenters. The summed E-state index contributed by atoms with van der Waals surface area (Å²) >= 11 is 1.77. The van der Waals surface area contributed by atoms with Crippen molar-refractivity contribution >= 4 is 17.3 Å². The number of aryl methyl sites for hydroxylation is 1. The van der Waals surface area contributed by atoms with E-state index in [2.05, 4.69) is 34.6 Å². The van der Waals surface area contributed by atoms with Crippen LogP contribution in [0.2, 0.25) is 0 Å². The molecule has 2 rings (SSSR count). The van der Waals surface area contributed by atoms with Crippen molar-refractivity contribution < 1.29 is 0 Å². The number of hydrogen-bond acceptors (Lipinski definition) is 5. The standard InChI is InChI=1S/C8H11N5S/c1-2-6-3-4-7(14-6)5-13-8(9)10-11-12-13/h3-4H,2,5H2,1H3,(H2,9,10,12). The Kier molecular flexibility index (Phi) is 2.45. The van der Waals surface area contributed by atoms with Gasteiger partial charge in [0, 0.05) is 9.75 Å². The fourth-order valence-corrected chi connectivity index (χ4v) is 2.11. The van der Waals surface area contributed by atoms with E-state index in [9.17, 15) is 0 Å². The van der Waals surface area contributed by atoms with Crippen LogP contribution in [0.4, 0.5) is 5.95 Å². The second-order valence-electron chi connectivity index (χ2n) is 2.92. The molecule has 14 heavy (non-hydrogen) atoms. The van der Waals surface area contributed by atoms with Gasteiger partial charge in [-0.2, -0.15) is 0 Å². The Bertz CT molecular complexity index is 419. The number of nitrogens with two attached hydrogens (primary N) is 1. The summed E-state index contributed by atoms with van der Waals surface area (Å²) in [6.07, 6.45) is 1.07. The van der Waals surface area contributed by atoms with E-state index in [0.717, 1.165) is 6.42 Å². The van der Waals surface area contributed by atoms with Crippen LogP contribution in [0.5, 0.6) is 0 Å². The van der Waals surface area contributed by atoms with Crippen molar-refractivity contribution in [2.75, 3.05) is 5.73 Å². The van der Waals surface area contributed by atoms with Crippen molar-refractivity contribution in [1.29, 1.82) is 0 Å². The van der Waals surface area contributed by atoms with Crippen LogP contribution in [-0.4, -0.2) is 20.2 Å². The van der Waals surface area contributed by atoms with Crippen molar-refractivity contribution in [3.05, 3.63) is 21.9 Å². The molecule has 0 radical (unpaired) electrons. The second-order valence-corrected chi connectivity index (χ2v) is 4.17. The summed E-state index contributed by atoms with van der Waals surface area (Å²) in [6, 6.07) is 4.21. The van der Waals surface area contributed by atoms with Crippen LogP contribution in [0.1, 0.15) is 16.7 Å². The number of hydrogen-bond donors (Lipinski definition) is 1. The van der Waals surface area contributed by atoms with Gasteiger partial charge < -0.3 is 5.73 Å². The second kappa shape index (κ2) is 3.75. The van der Waals surface area contributed by atoms with E-state index in [1.807, 2.05) is 0 Å². The predicted octanol–water partition coefficient (Wildman–Crippen LogP) is 0.927. The van der Waals surface area contributed by atoms with Gasteiger partial charge in [0.15, 0.2) is 0 Å². The van der Waals surface area contributed by atoms with Crippen LogP contribution in [0.25, 0.3) is 0 Å². The topological polar surface area (TPSA) is 69.6 Å². The lowest BCUT2D eigenvalue weighted by Crippen LogP contribution is -2.05. The molecule has 5 nitrogen and oxygen atoms in total. The van der Waals surface area contributed by atoms with Gasteiger partial charge in [0.25, 0.3) is 0 Å². The van der Waals surface area contributed by atoms with Gasteiger partial charge in [-0.05, 0) is 29.0 Å². The lowest BCUT2D eigenvalue weighted by Gasteiger charge is -1.97.